The van der Waals surface area contributed by atoms with Gasteiger partial charge < -0.3 is 4.74 Å². The van der Waals surface area contributed by atoms with E-state index in [4.69, 9.17) is 10.00 Å². The molecule has 1 heterocycles. The highest BCUT2D eigenvalue weighted by Crippen LogP contribution is 2.30. The van der Waals surface area contributed by atoms with Gasteiger partial charge in [0.1, 0.15) is 0 Å². The maximum absolute atomic E-state index is 8.74. The fourth-order valence-electron chi connectivity index (χ4n) is 1.95. The summed E-state index contributed by atoms with van der Waals surface area (Å²) in [7, 11) is 0. The average molecular weight is 247 g/mol. The summed E-state index contributed by atoms with van der Waals surface area (Å²) in [5.41, 5.74) is 2.01. The van der Waals surface area contributed by atoms with Gasteiger partial charge in [-0.1, -0.05) is 12.1 Å². The summed E-state index contributed by atoms with van der Waals surface area (Å²) in [5, 5.41) is 9.21. The van der Waals surface area contributed by atoms with Gasteiger partial charge in [0.2, 0.25) is 0 Å². The van der Waals surface area contributed by atoms with E-state index in [0.29, 0.717) is 11.4 Å². The van der Waals surface area contributed by atoms with E-state index in [2.05, 4.69) is 13.0 Å². The second-order valence-electron chi connectivity index (χ2n) is 4.34. The van der Waals surface area contributed by atoms with Gasteiger partial charge in [0, 0.05) is 17.6 Å². The van der Waals surface area contributed by atoms with Crippen molar-refractivity contribution in [2.75, 3.05) is 12.4 Å². The Kier molecular flexibility index (Phi) is 4.47. The molecule has 1 aromatic carbocycles. The van der Waals surface area contributed by atoms with Gasteiger partial charge in [0.25, 0.3) is 0 Å². The van der Waals surface area contributed by atoms with Crippen molar-refractivity contribution < 1.29 is 4.74 Å². The van der Waals surface area contributed by atoms with Crippen LogP contribution in [0, 0.1) is 11.3 Å². The first kappa shape index (κ1) is 12.5. The van der Waals surface area contributed by atoms with E-state index in [1.54, 1.807) is 0 Å². The van der Waals surface area contributed by atoms with Crippen molar-refractivity contribution in [3.8, 4) is 6.07 Å². The molecular formula is C14H17NOS. The molecule has 90 valence electrons. The van der Waals surface area contributed by atoms with Crippen LogP contribution in [0.2, 0.25) is 0 Å². The van der Waals surface area contributed by atoms with Crippen LogP contribution in [0.4, 0.5) is 0 Å². The molecule has 2 atom stereocenters. The van der Waals surface area contributed by atoms with Gasteiger partial charge in [-0.3, -0.25) is 0 Å². The Bertz CT molecular complexity index is 390. The first-order valence-corrected chi connectivity index (χ1v) is 7.08. The lowest BCUT2D eigenvalue weighted by atomic mass is 10.1. The fraction of sp³-hybridized carbons (Fsp3) is 0.500. The molecular weight excluding hydrogens is 230 g/mol. The van der Waals surface area contributed by atoms with Gasteiger partial charge in [-0.15, -0.1) is 0 Å². The zero-order chi connectivity index (χ0) is 12.1. The van der Waals surface area contributed by atoms with E-state index >= 15 is 0 Å². The van der Waals surface area contributed by atoms with Crippen molar-refractivity contribution in [2.45, 2.75) is 31.1 Å². The Balaban J connectivity index is 1.85. The molecule has 1 saturated heterocycles. The van der Waals surface area contributed by atoms with Crippen molar-refractivity contribution in [1.82, 2.24) is 0 Å². The number of thioether (sulfide) groups is 1. The van der Waals surface area contributed by atoms with Crippen LogP contribution < -0.4 is 0 Å². The molecule has 2 rings (SSSR count). The van der Waals surface area contributed by atoms with Crippen LogP contribution in [0.25, 0.3) is 0 Å². The molecule has 0 N–H and O–H groups in total. The molecule has 1 aliphatic rings. The lowest BCUT2D eigenvalue weighted by Gasteiger charge is -2.14. The number of rotatable bonds is 4. The Labute approximate surface area is 107 Å². The van der Waals surface area contributed by atoms with Crippen molar-refractivity contribution in [1.29, 1.82) is 5.26 Å². The highest BCUT2D eigenvalue weighted by molar-refractivity contribution is 7.99. The summed E-state index contributed by atoms with van der Waals surface area (Å²) in [6, 6.07) is 10.0. The lowest BCUT2D eigenvalue weighted by molar-refractivity contribution is 0.129. The third-order valence-corrected chi connectivity index (χ3v) is 4.40. The Hall–Kier alpha value is -0.980. The van der Waals surface area contributed by atoms with Crippen LogP contribution in [-0.4, -0.2) is 18.5 Å². The Morgan fingerprint density at radius 1 is 1.47 bits per heavy atom. The number of hydrogen-bond donors (Lipinski definition) is 0. The molecule has 1 fully saturated rings. The fourth-order valence-corrected chi connectivity index (χ4v) is 3.07. The molecule has 3 heteroatoms. The highest BCUT2D eigenvalue weighted by Gasteiger charge is 2.17. The van der Waals surface area contributed by atoms with Crippen LogP contribution in [0.5, 0.6) is 0 Å². The first-order chi connectivity index (χ1) is 8.29. The van der Waals surface area contributed by atoms with Gasteiger partial charge in [0.15, 0.2) is 0 Å². The number of nitriles is 1. The van der Waals surface area contributed by atoms with Crippen LogP contribution >= 0.6 is 11.8 Å². The third kappa shape index (κ3) is 3.49. The molecule has 1 aromatic rings. The van der Waals surface area contributed by atoms with Gasteiger partial charge in [0.05, 0.1) is 17.7 Å². The average Bonchev–Trinajstić information content (AvgIpc) is 2.89. The molecule has 0 bridgehead atoms. The predicted octanol–water partition coefficient (Wildman–Crippen LogP) is 3.53. The molecule has 2 nitrogen and oxygen atoms in total. The summed E-state index contributed by atoms with van der Waals surface area (Å²) < 4.78 is 5.61. The summed E-state index contributed by atoms with van der Waals surface area (Å²) in [5.74, 6) is 1.07. The van der Waals surface area contributed by atoms with Crippen LogP contribution in [-0.2, 0) is 4.74 Å². The maximum atomic E-state index is 8.74. The van der Waals surface area contributed by atoms with Crippen molar-refractivity contribution in [3.05, 3.63) is 35.4 Å². The summed E-state index contributed by atoms with van der Waals surface area (Å²) in [6.45, 7) is 3.14. The molecule has 0 aromatic heterocycles. The Morgan fingerprint density at radius 3 is 2.82 bits per heavy atom. The predicted molar refractivity (Wildman–Crippen MR) is 71.0 cm³/mol. The van der Waals surface area contributed by atoms with E-state index in [1.807, 2.05) is 36.0 Å². The smallest absolute Gasteiger partial charge is 0.0991 e. The van der Waals surface area contributed by atoms with Crippen LogP contribution in [0.15, 0.2) is 24.3 Å². The second kappa shape index (κ2) is 6.09. The monoisotopic (exact) mass is 247 g/mol. The standard InChI is InChI=1S/C14H17NOS/c1-11(17-10-14-3-2-8-16-14)13-6-4-12(9-15)5-7-13/h4-7,11,14H,2-3,8,10H2,1H3/t11-,14+/m1/s1. The largest absolute Gasteiger partial charge is 0.377 e. The molecule has 0 aliphatic carbocycles. The minimum Gasteiger partial charge on any atom is -0.377 e. The zero-order valence-electron chi connectivity index (χ0n) is 10.1. The van der Waals surface area contributed by atoms with Gasteiger partial charge in [-0.2, -0.15) is 17.0 Å². The maximum Gasteiger partial charge on any atom is 0.0991 e. The van der Waals surface area contributed by atoms with Crippen molar-refractivity contribution >= 4 is 11.8 Å². The van der Waals surface area contributed by atoms with Crippen molar-refractivity contribution in [3.63, 3.8) is 0 Å². The molecule has 0 saturated carbocycles. The van der Waals surface area contributed by atoms with E-state index in [1.165, 1.54) is 18.4 Å². The van der Waals surface area contributed by atoms with Gasteiger partial charge >= 0.3 is 0 Å². The molecule has 0 unspecified atom stereocenters. The molecule has 0 amide bonds. The van der Waals surface area contributed by atoms with Crippen molar-refractivity contribution in [2.24, 2.45) is 0 Å². The first-order valence-electron chi connectivity index (χ1n) is 6.03. The normalized spacial score (nSPS) is 21.1. The van der Waals surface area contributed by atoms with E-state index in [0.717, 1.165) is 17.9 Å². The van der Waals surface area contributed by atoms with Crippen LogP contribution in [0.3, 0.4) is 0 Å². The highest BCUT2D eigenvalue weighted by atomic mass is 32.2. The number of nitrogens with zero attached hydrogens (tertiary/aromatic N) is 1. The van der Waals surface area contributed by atoms with Crippen LogP contribution in [0.1, 0.15) is 36.1 Å². The molecule has 17 heavy (non-hydrogen) atoms. The Morgan fingerprint density at radius 2 is 2.24 bits per heavy atom. The number of ether oxygens (including phenoxy) is 1. The third-order valence-electron chi connectivity index (χ3n) is 3.07. The molecule has 0 radical (unpaired) electrons. The molecule has 0 spiro atoms. The SMILES string of the molecule is C[C@@H](SC[C@@H]1CCCO1)c1ccc(C#N)cc1. The van der Waals surface area contributed by atoms with Gasteiger partial charge in [-0.05, 0) is 37.5 Å². The number of benzene rings is 1. The summed E-state index contributed by atoms with van der Waals surface area (Å²) >= 11 is 1.93. The topological polar surface area (TPSA) is 33.0 Å². The van der Waals surface area contributed by atoms with E-state index < -0.39 is 0 Å². The zero-order valence-corrected chi connectivity index (χ0v) is 10.9. The lowest BCUT2D eigenvalue weighted by Crippen LogP contribution is -2.09. The minimum absolute atomic E-state index is 0.445. The minimum atomic E-state index is 0.445. The quantitative estimate of drug-likeness (QED) is 0.816. The van der Waals surface area contributed by atoms with E-state index in [9.17, 15) is 0 Å². The van der Waals surface area contributed by atoms with E-state index in [-0.39, 0.29) is 0 Å². The number of hydrogen-bond acceptors (Lipinski definition) is 3. The second-order valence-corrected chi connectivity index (χ2v) is 5.72. The molecule has 1 aliphatic heterocycles. The summed E-state index contributed by atoms with van der Waals surface area (Å²) in [6.07, 6.45) is 2.85. The van der Waals surface area contributed by atoms with Gasteiger partial charge in [-0.25, -0.2) is 0 Å². The summed E-state index contributed by atoms with van der Waals surface area (Å²) in [4.78, 5) is 0.